The van der Waals surface area contributed by atoms with Crippen LogP contribution in [0.2, 0.25) is 0 Å². The Bertz CT molecular complexity index is 1100. The predicted octanol–water partition coefficient (Wildman–Crippen LogP) is 4.39. The Morgan fingerprint density at radius 2 is 1.62 bits per heavy atom. The van der Waals surface area contributed by atoms with E-state index in [2.05, 4.69) is 5.32 Å². The molecule has 1 amide bonds. The third-order valence-corrected chi connectivity index (χ3v) is 6.37. The maximum atomic E-state index is 13.3. The van der Waals surface area contributed by atoms with Crippen molar-refractivity contribution >= 4 is 27.3 Å². The first-order chi connectivity index (χ1) is 13.9. The van der Waals surface area contributed by atoms with Crippen molar-refractivity contribution in [2.45, 2.75) is 25.2 Å². The summed E-state index contributed by atoms with van der Waals surface area (Å²) in [6.45, 7) is 3.57. The van der Waals surface area contributed by atoms with Gasteiger partial charge in [0.25, 0.3) is 10.0 Å². The number of aryl methyl sites for hydroxylation is 2. The molecule has 0 spiro atoms. The van der Waals surface area contributed by atoms with Gasteiger partial charge in [0.05, 0.1) is 10.6 Å². The summed E-state index contributed by atoms with van der Waals surface area (Å²) in [6.07, 6.45) is 0.764. The van der Waals surface area contributed by atoms with E-state index in [-0.39, 0.29) is 11.4 Å². The maximum absolute atomic E-state index is 13.3. The van der Waals surface area contributed by atoms with Gasteiger partial charge in [0.15, 0.2) is 0 Å². The molecule has 0 heterocycles. The molecular weight excluding hydrogens is 384 g/mol. The summed E-state index contributed by atoms with van der Waals surface area (Å²) in [7, 11) is -3.90. The van der Waals surface area contributed by atoms with Crippen LogP contribution in [0.3, 0.4) is 0 Å². The van der Waals surface area contributed by atoms with Crippen LogP contribution in [0.5, 0.6) is 0 Å². The number of nitrogens with zero attached hydrogens (tertiary/aromatic N) is 1. The van der Waals surface area contributed by atoms with Gasteiger partial charge in [-0.2, -0.15) is 0 Å². The summed E-state index contributed by atoms with van der Waals surface area (Å²) in [5, 5.41) is 2.85. The summed E-state index contributed by atoms with van der Waals surface area (Å²) in [5.41, 5.74) is 3.05. The van der Waals surface area contributed by atoms with Gasteiger partial charge in [-0.1, -0.05) is 55.5 Å². The van der Waals surface area contributed by atoms with E-state index in [4.69, 9.17) is 0 Å². The van der Waals surface area contributed by atoms with Crippen molar-refractivity contribution in [2.75, 3.05) is 16.2 Å². The smallest absolute Gasteiger partial charge is 0.264 e. The molecular formula is C23H24N2O3S. The van der Waals surface area contributed by atoms with E-state index in [9.17, 15) is 13.2 Å². The molecule has 0 saturated carbocycles. The van der Waals surface area contributed by atoms with Crippen LogP contribution in [0.15, 0.2) is 83.8 Å². The molecule has 0 saturated heterocycles. The minimum atomic E-state index is -3.90. The van der Waals surface area contributed by atoms with Gasteiger partial charge < -0.3 is 5.32 Å². The molecule has 0 aliphatic rings. The number of anilines is 2. The number of para-hydroxylation sites is 1. The molecule has 0 aromatic heterocycles. The van der Waals surface area contributed by atoms with Crippen LogP contribution < -0.4 is 9.62 Å². The number of carbonyl (C=O) groups is 1. The Hall–Kier alpha value is -3.12. The highest BCUT2D eigenvalue weighted by atomic mass is 32.2. The molecule has 5 nitrogen and oxygen atoms in total. The van der Waals surface area contributed by atoms with E-state index in [0.717, 1.165) is 21.9 Å². The van der Waals surface area contributed by atoms with Crippen molar-refractivity contribution in [1.29, 1.82) is 0 Å². The van der Waals surface area contributed by atoms with Crippen LogP contribution in [-0.4, -0.2) is 20.9 Å². The minimum Gasteiger partial charge on any atom is -0.324 e. The summed E-state index contributed by atoms with van der Waals surface area (Å²) in [6, 6.07) is 22.8. The van der Waals surface area contributed by atoms with Gasteiger partial charge in [-0.15, -0.1) is 0 Å². The minimum absolute atomic E-state index is 0.142. The predicted molar refractivity (Wildman–Crippen MR) is 117 cm³/mol. The quantitative estimate of drug-likeness (QED) is 0.630. The van der Waals surface area contributed by atoms with Gasteiger partial charge in [-0.25, -0.2) is 8.42 Å². The molecule has 3 rings (SSSR count). The SMILES string of the molecule is CCc1ccccc1NC(=O)CN(c1cccc(C)c1)S(=O)(=O)c1ccccc1. The van der Waals surface area contributed by atoms with E-state index in [1.165, 1.54) is 12.1 Å². The van der Waals surface area contributed by atoms with Crippen molar-refractivity contribution < 1.29 is 13.2 Å². The van der Waals surface area contributed by atoms with Gasteiger partial charge in [0.1, 0.15) is 6.54 Å². The molecule has 0 aliphatic carbocycles. The lowest BCUT2D eigenvalue weighted by Gasteiger charge is -2.24. The van der Waals surface area contributed by atoms with Crippen molar-refractivity contribution in [3.63, 3.8) is 0 Å². The van der Waals surface area contributed by atoms with Crippen molar-refractivity contribution in [2.24, 2.45) is 0 Å². The normalized spacial score (nSPS) is 11.1. The second-order valence-corrected chi connectivity index (χ2v) is 8.58. The highest BCUT2D eigenvalue weighted by Crippen LogP contribution is 2.25. The Balaban J connectivity index is 1.95. The summed E-state index contributed by atoms with van der Waals surface area (Å²) < 4.78 is 27.8. The molecule has 6 heteroatoms. The lowest BCUT2D eigenvalue weighted by atomic mass is 10.1. The molecule has 0 atom stereocenters. The third kappa shape index (κ3) is 4.84. The van der Waals surface area contributed by atoms with Gasteiger partial charge in [0.2, 0.25) is 5.91 Å². The van der Waals surface area contributed by atoms with E-state index < -0.39 is 15.9 Å². The van der Waals surface area contributed by atoms with Gasteiger partial charge >= 0.3 is 0 Å². The van der Waals surface area contributed by atoms with Crippen molar-refractivity contribution in [3.8, 4) is 0 Å². The molecule has 0 bridgehead atoms. The molecule has 29 heavy (non-hydrogen) atoms. The topological polar surface area (TPSA) is 66.5 Å². The lowest BCUT2D eigenvalue weighted by molar-refractivity contribution is -0.114. The fraction of sp³-hybridized carbons (Fsp3) is 0.174. The number of hydrogen-bond acceptors (Lipinski definition) is 3. The Morgan fingerprint density at radius 3 is 2.31 bits per heavy atom. The molecule has 1 N–H and O–H groups in total. The van der Waals surface area contributed by atoms with Gasteiger partial charge in [-0.05, 0) is 54.8 Å². The molecule has 0 radical (unpaired) electrons. The van der Waals surface area contributed by atoms with Crippen LogP contribution in [0.25, 0.3) is 0 Å². The molecule has 0 aliphatic heterocycles. The average molecular weight is 409 g/mol. The molecule has 0 unspecified atom stereocenters. The molecule has 0 fully saturated rings. The van der Waals surface area contributed by atoms with Crippen LogP contribution in [0.4, 0.5) is 11.4 Å². The second kappa shape index (κ2) is 8.92. The molecule has 3 aromatic carbocycles. The third-order valence-electron chi connectivity index (χ3n) is 4.58. The first-order valence-corrected chi connectivity index (χ1v) is 10.9. The number of nitrogens with one attached hydrogen (secondary N) is 1. The van der Waals surface area contributed by atoms with E-state index >= 15 is 0 Å². The zero-order valence-corrected chi connectivity index (χ0v) is 17.3. The second-order valence-electron chi connectivity index (χ2n) is 6.72. The number of hydrogen-bond donors (Lipinski definition) is 1. The fourth-order valence-electron chi connectivity index (χ4n) is 3.09. The Labute approximate surface area is 172 Å². The van der Waals surface area contributed by atoms with E-state index in [1.54, 1.807) is 36.4 Å². The highest BCUT2D eigenvalue weighted by Gasteiger charge is 2.27. The summed E-state index contributed by atoms with van der Waals surface area (Å²) in [5.74, 6) is -0.396. The highest BCUT2D eigenvalue weighted by molar-refractivity contribution is 7.92. The van der Waals surface area contributed by atoms with E-state index in [1.807, 2.05) is 44.2 Å². The number of benzene rings is 3. The average Bonchev–Trinajstić information content (AvgIpc) is 2.73. The Kier molecular flexibility index (Phi) is 6.34. The van der Waals surface area contributed by atoms with Crippen molar-refractivity contribution in [3.05, 3.63) is 90.0 Å². The molecule has 150 valence electrons. The van der Waals surface area contributed by atoms with Gasteiger partial charge in [0, 0.05) is 5.69 Å². The van der Waals surface area contributed by atoms with Crippen LogP contribution in [0, 0.1) is 6.92 Å². The van der Waals surface area contributed by atoms with Gasteiger partial charge in [-0.3, -0.25) is 9.10 Å². The van der Waals surface area contributed by atoms with Crippen LogP contribution in [-0.2, 0) is 21.2 Å². The number of carbonyl (C=O) groups excluding carboxylic acids is 1. The number of rotatable bonds is 7. The van der Waals surface area contributed by atoms with E-state index in [0.29, 0.717) is 11.4 Å². The summed E-state index contributed by atoms with van der Waals surface area (Å²) >= 11 is 0. The van der Waals surface area contributed by atoms with Crippen molar-refractivity contribution in [1.82, 2.24) is 0 Å². The first kappa shape index (κ1) is 20.6. The van der Waals surface area contributed by atoms with Crippen LogP contribution >= 0.6 is 0 Å². The summed E-state index contributed by atoms with van der Waals surface area (Å²) in [4.78, 5) is 13.0. The lowest BCUT2D eigenvalue weighted by Crippen LogP contribution is -2.38. The first-order valence-electron chi connectivity index (χ1n) is 9.44. The Morgan fingerprint density at radius 1 is 0.931 bits per heavy atom. The maximum Gasteiger partial charge on any atom is 0.264 e. The number of sulfonamides is 1. The monoisotopic (exact) mass is 408 g/mol. The zero-order valence-electron chi connectivity index (χ0n) is 16.5. The zero-order chi connectivity index (χ0) is 20.9. The fourth-order valence-corrected chi connectivity index (χ4v) is 4.52. The largest absolute Gasteiger partial charge is 0.324 e. The van der Waals surface area contributed by atoms with Crippen LogP contribution in [0.1, 0.15) is 18.1 Å². The molecule has 3 aromatic rings. The number of amides is 1. The standard InChI is InChI=1S/C23H24N2O3S/c1-3-19-11-7-8-15-22(19)24-23(26)17-25(20-12-9-10-18(2)16-20)29(27,28)21-13-5-4-6-14-21/h4-16H,3,17H2,1-2H3,(H,24,26).